The van der Waals surface area contributed by atoms with Crippen LogP contribution < -0.4 is 10.1 Å². The van der Waals surface area contributed by atoms with E-state index in [1.54, 1.807) is 22.8 Å². The number of nitrogens with zero attached hydrogens (tertiary/aromatic N) is 3. The van der Waals surface area contributed by atoms with E-state index in [4.69, 9.17) is 19.7 Å². The molecule has 8 nitrogen and oxygen atoms in total. The summed E-state index contributed by atoms with van der Waals surface area (Å²) in [5.41, 5.74) is 5.48. The SMILES string of the molecule is O=C(NCCO)c1cccc(-c2ccc3ncc(-c4cccc5c4COCO5)n3n2)c1. The van der Waals surface area contributed by atoms with Gasteiger partial charge >= 0.3 is 0 Å². The van der Waals surface area contributed by atoms with Gasteiger partial charge in [0, 0.05) is 28.8 Å². The molecule has 1 aliphatic heterocycles. The minimum absolute atomic E-state index is 0.105. The normalized spacial score (nSPS) is 12.9. The van der Waals surface area contributed by atoms with Crippen LogP contribution in [0.15, 0.2) is 60.8 Å². The number of rotatable bonds is 5. The number of hydrogen-bond donors (Lipinski definition) is 2. The van der Waals surface area contributed by atoms with Crippen LogP contribution in [0.4, 0.5) is 0 Å². The fourth-order valence-electron chi connectivity index (χ4n) is 3.64. The first-order valence-electron chi connectivity index (χ1n) is 9.91. The zero-order chi connectivity index (χ0) is 21.2. The van der Waals surface area contributed by atoms with Crippen molar-refractivity contribution in [2.45, 2.75) is 6.61 Å². The van der Waals surface area contributed by atoms with Gasteiger partial charge in [0.15, 0.2) is 12.4 Å². The molecular weight excluding hydrogens is 396 g/mol. The van der Waals surface area contributed by atoms with Crippen molar-refractivity contribution in [1.29, 1.82) is 0 Å². The van der Waals surface area contributed by atoms with Crippen molar-refractivity contribution in [3.8, 4) is 28.3 Å². The van der Waals surface area contributed by atoms with E-state index < -0.39 is 0 Å². The van der Waals surface area contributed by atoms with Crippen LogP contribution in [0.2, 0.25) is 0 Å². The molecule has 0 spiro atoms. The van der Waals surface area contributed by atoms with Crippen molar-refractivity contribution >= 4 is 11.6 Å². The Bertz CT molecular complexity index is 1270. The van der Waals surface area contributed by atoms with Gasteiger partial charge in [0.2, 0.25) is 0 Å². The lowest BCUT2D eigenvalue weighted by atomic mass is 10.0. The minimum atomic E-state index is -0.240. The summed E-state index contributed by atoms with van der Waals surface area (Å²) in [7, 11) is 0. The first-order valence-corrected chi connectivity index (χ1v) is 9.91. The molecule has 3 heterocycles. The molecule has 2 aromatic heterocycles. The molecule has 0 atom stereocenters. The highest BCUT2D eigenvalue weighted by Gasteiger charge is 2.19. The molecule has 0 aliphatic carbocycles. The number of imidazole rings is 1. The Hall–Kier alpha value is -3.75. The van der Waals surface area contributed by atoms with E-state index in [-0.39, 0.29) is 25.9 Å². The molecule has 0 fully saturated rings. The molecule has 0 unspecified atom stereocenters. The van der Waals surface area contributed by atoms with Crippen molar-refractivity contribution in [2.75, 3.05) is 19.9 Å². The lowest BCUT2D eigenvalue weighted by Gasteiger charge is -2.20. The molecule has 1 amide bonds. The summed E-state index contributed by atoms with van der Waals surface area (Å²) in [6, 6.07) is 16.9. The third-order valence-electron chi connectivity index (χ3n) is 5.13. The average Bonchev–Trinajstić information content (AvgIpc) is 3.25. The van der Waals surface area contributed by atoms with Crippen LogP contribution in [-0.4, -0.2) is 45.6 Å². The molecule has 0 bridgehead atoms. The van der Waals surface area contributed by atoms with Crippen LogP contribution >= 0.6 is 0 Å². The molecular formula is C23H20N4O4. The zero-order valence-corrected chi connectivity index (χ0v) is 16.6. The van der Waals surface area contributed by atoms with Crippen LogP contribution in [0, 0.1) is 0 Å². The lowest BCUT2D eigenvalue weighted by Crippen LogP contribution is -2.26. The van der Waals surface area contributed by atoms with Crippen molar-refractivity contribution in [1.82, 2.24) is 19.9 Å². The fourth-order valence-corrected chi connectivity index (χ4v) is 3.64. The summed E-state index contributed by atoms with van der Waals surface area (Å²) in [6.45, 7) is 0.810. The van der Waals surface area contributed by atoms with Gasteiger partial charge in [-0.2, -0.15) is 5.10 Å². The van der Waals surface area contributed by atoms with Gasteiger partial charge in [0.1, 0.15) is 5.75 Å². The largest absolute Gasteiger partial charge is 0.467 e. The zero-order valence-electron chi connectivity index (χ0n) is 16.6. The van der Waals surface area contributed by atoms with Crippen molar-refractivity contribution in [3.63, 3.8) is 0 Å². The van der Waals surface area contributed by atoms with Gasteiger partial charge in [-0.25, -0.2) is 9.50 Å². The number of hydrogen-bond acceptors (Lipinski definition) is 6. The number of fused-ring (bicyclic) bond motifs is 2. The molecule has 4 aromatic rings. The van der Waals surface area contributed by atoms with Gasteiger partial charge in [-0.1, -0.05) is 24.3 Å². The summed E-state index contributed by atoms with van der Waals surface area (Å²) in [5.74, 6) is 0.563. The Labute approximate surface area is 178 Å². The summed E-state index contributed by atoms with van der Waals surface area (Å²) >= 11 is 0. The Balaban J connectivity index is 1.56. The summed E-state index contributed by atoms with van der Waals surface area (Å²) in [5, 5.41) is 16.4. The molecule has 0 saturated carbocycles. The Kier molecular flexibility index (Phi) is 5.07. The van der Waals surface area contributed by atoms with E-state index >= 15 is 0 Å². The highest BCUT2D eigenvalue weighted by Crippen LogP contribution is 2.34. The summed E-state index contributed by atoms with van der Waals surface area (Å²) in [6.07, 6.45) is 1.79. The van der Waals surface area contributed by atoms with E-state index in [0.717, 1.165) is 28.1 Å². The molecule has 2 N–H and O–H groups in total. The standard InChI is InChI=1S/C23H20N4O4/c28-10-9-24-23(29)16-4-1-3-15(11-16)19-7-8-22-25-12-20(27(22)26-19)17-5-2-6-21-18(17)13-30-14-31-21/h1-8,11-12,28H,9-10,13-14H2,(H,24,29). The fraction of sp³-hybridized carbons (Fsp3) is 0.174. The summed E-state index contributed by atoms with van der Waals surface area (Å²) in [4.78, 5) is 16.7. The monoisotopic (exact) mass is 416 g/mol. The maximum Gasteiger partial charge on any atom is 0.251 e. The highest BCUT2D eigenvalue weighted by atomic mass is 16.7. The second-order valence-corrected chi connectivity index (χ2v) is 7.09. The van der Waals surface area contributed by atoms with Gasteiger partial charge in [-0.3, -0.25) is 4.79 Å². The van der Waals surface area contributed by atoms with Crippen LogP contribution in [0.25, 0.3) is 28.2 Å². The third-order valence-corrected chi connectivity index (χ3v) is 5.13. The Morgan fingerprint density at radius 1 is 1.16 bits per heavy atom. The predicted molar refractivity (Wildman–Crippen MR) is 114 cm³/mol. The highest BCUT2D eigenvalue weighted by molar-refractivity contribution is 5.95. The van der Waals surface area contributed by atoms with Gasteiger partial charge in [-0.05, 0) is 30.3 Å². The number of benzene rings is 2. The van der Waals surface area contributed by atoms with Gasteiger partial charge < -0.3 is 19.9 Å². The topological polar surface area (TPSA) is 98.0 Å². The smallest absolute Gasteiger partial charge is 0.251 e. The second kappa shape index (κ2) is 8.17. The van der Waals surface area contributed by atoms with Crippen molar-refractivity contribution < 1.29 is 19.4 Å². The van der Waals surface area contributed by atoms with Crippen molar-refractivity contribution in [3.05, 3.63) is 71.9 Å². The summed E-state index contributed by atoms with van der Waals surface area (Å²) < 4.78 is 12.9. The minimum Gasteiger partial charge on any atom is -0.467 e. The Morgan fingerprint density at radius 3 is 2.97 bits per heavy atom. The molecule has 2 aromatic carbocycles. The maximum atomic E-state index is 12.3. The molecule has 0 radical (unpaired) electrons. The molecule has 5 rings (SSSR count). The number of amides is 1. The van der Waals surface area contributed by atoms with Crippen LogP contribution in [-0.2, 0) is 11.3 Å². The molecule has 156 valence electrons. The van der Waals surface area contributed by atoms with E-state index in [1.807, 2.05) is 42.5 Å². The van der Waals surface area contributed by atoms with Crippen molar-refractivity contribution in [2.24, 2.45) is 0 Å². The molecule has 8 heteroatoms. The number of ether oxygens (including phenoxy) is 2. The van der Waals surface area contributed by atoms with E-state index in [0.29, 0.717) is 23.5 Å². The van der Waals surface area contributed by atoms with Gasteiger partial charge in [0.25, 0.3) is 5.91 Å². The van der Waals surface area contributed by atoms with E-state index in [2.05, 4.69) is 10.3 Å². The van der Waals surface area contributed by atoms with E-state index in [1.165, 1.54) is 0 Å². The van der Waals surface area contributed by atoms with Crippen LogP contribution in [0.1, 0.15) is 15.9 Å². The maximum absolute atomic E-state index is 12.3. The first-order chi connectivity index (χ1) is 15.2. The number of nitrogens with one attached hydrogen (secondary N) is 1. The molecule has 31 heavy (non-hydrogen) atoms. The Morgan fingerprint density at radius 2 is 2.06 bits per heavy atom. The number of carbonyl (C=O) groups excluding carboxylic acids is 1. The predicted octanol–water partition coefficient (Wildman–Crippen LogP) is 2.65. The van der Waals surface area contributed by atoms with Gasteiger partial charge in [-0.15, -0.1) is 0 Å². The lowest BCUT2D eigenvalue weighted by molar-refractivity contribution is -0.0160. The second-order valence-electron chi connectivity index (χ2n) is 7.09. The molecule has 1 aliphatic rings. The number of aliphatic hydroxyl groups excluding tert-OH is 1. The van der Waals surface area contributed by atoms with Gasteiger partial charge in [0.05, 0.1) is 30.8 Å². The average molecular weight is 416 g/mol. The van der Waals surface area contributed by atoms with Crippen LogP contribution in [0.3, 0.4) is 0 Å². The molecule has 0 saturated heterocycles. The number of carbonyl (C=O) groups is 1. The van der Waals surface area contributed by atoms with E-state index in [9.17, 15) is 4.79 Å². The third kappa shape index (κ3) is 3.63. The first kappa shape index (κ1) is 19.2. The number of aliphatic hydroxyl groups is 1. The number of aromatic nitrogens is 3. The quantitative estimate of drug-likeness (QED) is 0.519. The van der Waals surface area contributed by atoms with Crippen LogP contribution in [0.5, 0.6) is 5.75 Å².